The van der Waals surface area contributed by atoms with Crippen LogP contribution in [-0.4, -0.2) is 52.3 Å². The van der Waals surface area contributed by atoms with Crippen molar-refractivity contribution < 1.29 is 14.6 Å². The highest BCUT2D eigenvalue weighted by molar-refractivity contribution is 5.67. The van der Waals surface area contributed by atoms with Crippen LogP contribution < -0.4 is 10.6 Å². The monoisotopic (exact) mass is 340 g/mol. The van der Waals surface area contributed by atoms with E-state index in [0.717, 1.165) is 17.7 Å². The van der Waals surface area contributed by atoms with Gasteiger partial charge in [0.2, 0.25) is 0 Å². The number of rotatable bonds is 8. The quantitative estimate of drug-likeness (QED) is 0.665. The zero-order chi connectivity index (χ0) is 18.3. The van der Waals surface area contributed by atoms with Crippen LogP contribution in [0.5, 0.6) is 0 Å². The number of hydrogen-bond donors (Lipinski definition) is 3. The molecular weight excluding hydrogens is 308 g/mol. The maximum atomic E-state index is 11.9. The second-order valence-electron chi connectivity index (χ2n) is 7.32. The Hall–Kier alpha value is -1.60. The van der Waals surface area contributed by atoms with Crippen molar-refractivity contribution in [1.82, 2.24) is 20.4 Å². The van der Waals surface area contributed by atoms with E-state index < -0.39 is 11.7 Å². The predicted molar refractivity (Wildman–Crippen MR) is 93.9 cm³/mol. The first-order valence-electron chi connectivity index (χ1n) is 8.41. The molecule has 1 heterocycles. The van der Waals surface area contributed by atoms with Crippen LogP contribution in [0.4, 0.5) is 4.79 Å². The molecule has 1 aromatic heterocycles. The zero-order valence-electron chi connectivity index (χ0n) is 15.7. The van der Waals surface area contributed by atoms with Crippen molar-refractivity contribution in [1.29, 1.82) is 0 Å². The molecule has 138 valence electrons. The summed E-state index contributed by atoms with van der Waals surface area (Å²) in [4.78, 5) is 11.9. The molecule has 0 saturated carbocycles. The summed E-state index contributed by atoms with van der Waals surface area (Å²) in [7, 11) is 1.92. The SMILES string of the molecule is Cc1c(CC(CNC(=O)OC(C)(C)C)CN[C@H](C)CO)cnn1C. The highest BCUT2D eigenvalue weighted by Crippen LogP contribution is 2.13. The van der Waals surface area contributed by atoms with Crippen molar-refractivity contribution in [3.8, 4) is 0 Å². The number of aromatic nitrogens is 2. The zero-order valence-corrected chi connectivity index (χ0v) is 15.7. The molecule has 0 aliphatic heterocycles. The molecule has 7 nitrogen and oxygen atoms in total. The first-order valence-corrected chi connectivity index (χ1v) is 8.41. The van der Waals surface area contributed by atoms with E-state index in [1.807, 2.05) is 52.5 Å². The van der Waals surface area contributed by atoms with Gasteiger partial charge in [-0.05, 0) is 52.5 Å². The highest BCUT2D eigenvalue weighted by Gasteiger charge is 2.19. The second-order valence-corrected chi connectivity index (χ2v) is 7.32. The molecular formula is C17H32N4O3. The molecule has 0 saturated heterocycles. The predicted octanol–water partition coefficient (Wildman–Crippen LogP) is 1.38. The van der Waals surface area contributed by atoms with Gasteiger partial charge in [-0.3, -0.25) is 4.68 Å². The lowest BCUT2D eigenvalue weighted by Crippen LogP contribution is -2.41. The Balaban J connectivity index is 2.63. The fraction of sp³-hybridized carbons (Fsp3) is 0.765. The topological polar surface area (TPSA) is 88.4 Å². The average molecular weight is 340 g/mol. The Labute approximate surface area is 144 Å². The van der Waals surface area contributed by atoms with Gasteiger partial charge in [-0.1, -0.05) is 0 Å². The molecule has 0 fully saturated rings. The Kier molecular flexibility index (Phi) is 7.69. The van der Waals surface area contributed by atoms with Crippen LogP contribution >= 0.6 is 0 Å². The van der Waals surface area contributed by atoms with E-state index >= 15 is 0 Å². The number of aliphatic hydroxyl groups is 1. The van der Waals surface area contributed by atoms with Crippen LogP contribution in [-0.2, 0) is 18.2 Å². The van der Waals surface area contributed by atoms with Crippen molar-refractivity contribution in [3.63, 3.8) is 0 Å². The number of aliphatic hydroxyl groups excluding tert-OH is 1. The summed E-state index contributed by atoms with van der Waals surface area (Å²) in [6, 6.07) is 0.0176. The summed E-state index contributed by atoms with van der Waals surface area (Å²) in [5.41, 5.74) is 1.77. The maximum Gasteiger partial charge on any atom is 0.407 e. The lowest BCUT2D eigenvalue weighted by Gasteiger charge is -2.23. The van der Waals surface area contributed by atoms with E-state index in [9.17, 15) is 4.79 Å². The van der Waals surface area contributed by atoms with E-state index in [2.05, 4.69) is 15.7 Å². The van der Waals surface area contributed by atoms with Gasteiger partial charge in [0, 0.05) is 31.9 Å². The molecule has 0 aromatic carbocycles. The smallest absolute Gasteiger partial charge is 0.407 e. The summed E-state index contributed by atoms with van der Waals surface area (Å²) in [5.74, 6) is 0.175. The lowest BCUT2D eigenvalue weighted by molar-refractivity contribution is 0.0518. The van der Waals surface area contributed by atoms with Gasteiger partial charge in [0.05, 0.1) is 12.8 Å². The first-order chi connectivity index (χ1) is 11.1. The number of carbonyl (C=O) groups excluding carboxylic acids is 1. The van der Waals surface area contributed by atoms with Crippen LogP contribution in [0.2, 0.25) is 0 Å². The minimum atomic E-state index is -0.511. The molecule has 0 aliphatic rings. The van der Waals surface area contributed by atoms with Crippen LogP contribution in [0.25, 0.3) is 0 Å². The Morgan fingerprint density at radius 2 is 2.08 bits per heavy atom. The molecule has 0 aliphatic carbocycles. The molecule has 0 radical (unpaired) electrons. The fourth-order valence-electron chi connectivity index (χ4n) is 2.25. The number of hydrogen-bond acceptors (Lipinski definition) is 5. The van der Waals surface area contributed by atoms with Gasteiger partial charge in [0.25, 0.3) is 0 Å². The Morgan fingerprint density at radius 1 is 1.42 bits per heavy atom. The van der Waals surface area contributed by atoms with Crippen LogP contribution in [0.1, 0.15) is 39.0 Å². The standard InChI is InChI=1S/C17H32N4O3/c1-12(11-22)18-8-14(7-15-10-20-21(6)13(15)2)9-19-16(23)24-17(3,4)5/h10,12,14,18,22H,7-9,11H2,1-6H3,(H,19,23)/t12-,14?/m1/s1. The van der Waals surface area contributed by atoms with Crippen molar-refractivity contribution >= 4 is 6.09 Å². The largest absolute Gasteiger partial charge is 0.444 e. The molecule has 0 spiro atoms. The average Bonchev–Trinajstić information content (AvgIpc) is 2.79. The van der Waals surface area contributed by atoms with Gasteiger partial charge in [-0.25, -0.2) is 4.79 Å². The van der Waals surface area contributed by atoms with E-state index in [1.165, 1.54) is 0 Å². The molecule has 1 amide bonds. The van der Waals surface area contributed by atoms with Gasteiger partial charge in [0.1, 0.15) is 5.60 Å². The van der Waals surface area contributed by atoms with Gasteiger partial charge in [-0.2, -0.15) is 5.10 Å². The van der Waals surface area contributed by atoms with Crippen molar-refractivity contribution in [2.24, 2.45) is 13.0 Å². The Bertz CT molecular complexity index is 522. The van der Waals surface area contributed by atoms with Crippen LogP contribution in [0.15, 0.2) is 6.20 Å². The van der Waals surface area contributed by atoms with E-state index in [0.29, 0.717) is 13.1 Å². The van der Waals surface area contributed by atoms with Crippen molar-refractivity contribution in [2.75, 3.05) is 19.7 Å². The number of amides is 1. The number of carbonyl (C=O) groups is 1. The molecule has 3 N–H and O–H groups in total. The fourth-order valence-corrected chi connectivity index (χ4v) is 2.25. The minimum Gasteiger partial charge on any atom is -0.444 e. The summed E-state index contributed by atoms with van der Waals surface area (Å²) in [6.45, 7) is 10.7. The third-order valence-electron chi connectivity index (χ3n) is 3.81. The molecule has 2 atom stereocenters. The van der Waals surface area contributed by atoms with Crippen LogP contribution in [0, 0.1) is 12.8 Å². The normalized spacial score (nSPS) is 14.3. The molecule has 0 bridgehead atoms. The highest BCUT2D eigenvalue weighted by atomic mass is 16.6. The Morgan fingerprint density at radius 3 is 2.58 bits per heavy atom. The third-order valence-corrected chi connectivity index (χ3v) is 3.81. The van der Waals surface area contributed by atoms with E-state index in [-0.39, 0.29) is 18.6 Å². The molecule has 1 aromatic rings. The van der Waals surface area contributed by atoms with Crippen LogP contribution in [0.3, 0.4) is 0 Å². The summed E-state index contributed by atoms with van der Waals surface area (Å²) >= 11 is 0. The third kappa shape index (κ3) is 7.31. The van der Waals surface area contributed by atoms with E-state index in [4.69, 9.17) is 9.84 Å². The van der Waals surface area contributed by atoms with Gasteiger partial charge in [0.15, 0.2) is 0 Å². The number of nitrogens with one attached hydrogen (secondary N) is 2. The second kappa shape index (κ2) is 9.03. The molecule has 1 rings (SSSR count). The molecule has 7 heteroatoms. The maximum absolute atomic E-state index is 11.9. The van der Waals surface area contributed by atoms with Gasteiger partial charge < -0.3 is 20.5 Å². The summed E-state index contributed by atoms with van der Waals surface area (Å²) < 4.78 is 7.13. The van der Waals surface area contributed by atoms with Crippen molar-refractivity contribution in [3.05, 3.63) is 17.5 Å². The number of ether oxygens (including phenoxy) is 1. The summed E-state index contributed by atoms with van der Waals surface area (Å²) in [5, 5.41) is 19.6. The van der Waals surface area contributed by atoms with E-state index in [1.54, 1.807) is 0 Å². The van der Waals surface area contributed by atoms with Gasteiger partial charge >= 0.3 is 6.09 Å². The number of aryl methyl sites for hydroxylation is 1. The van der Waals surface area contributed by atoms with Gasteiger partial charge in [-0.15, -0.1) is 0 Å². The summed E-state index contributed by atoms with van der Waals surface area (Å²) in [6.07, 6.45) is 2.25. The molecule has 24 heavy (non-hydrogen) atoms. The molecule has 1 unspecified atom stereocenters. The lowest BCUT2D eigenvalue weighted by atomic mass is 9.99. The van der Waals surface area contributed by atoms with Crippen molar-refractivity contribution in [2.45, 2.75) is 52.7 Å². The number of alkyl carbamates (subject to hydrolysis) is 1. The first kappa shape index (κ1) is 20.4. The minimum absolute atomic E-state index is 0.0176. The number of nitrogens with zero attached hydrogens (tertiary/aromatic N) is 2.